The second-order valence-corrected chi connectivity index (χ2v) is 6.95. The first-order valence-corrected chi connectivity index (χ1v) is 8.16. The standard InChI is InChI=1S/C16H24N4O/c1-10-8-20(9-16(10,21)11-6-7-11)15-18-13-5-3-4-12(13)14(17-2)19-15/h10-11,21H,3-9H2,1-2H3,(H,17,18,19). The van der Waals surface area contributed by atoms with Crippen LogP contribution >= 0.6 is 0 Å². The molecule has 0 aromatic carbocycles. The van der Waals surface area contributed by atoms with Gasteiger partial charge in [-0.15, -0.1) is 0 Å². The number of fused-ring (bicyclic) bond motifs is 1. The van der Waals surface area contributed by atoms with Crippen molar-refractivity contribution in [2.24, 2.45) is 11.8 Å². The van der Waals surface area contributed by atoms with Gasteiger partial charge < -0.3 is 15.3 Å². The van der Waals surface area contributed by atoms with Crippen LogP contribution in [0.1, 0.15) is 37.4 Å². The summed E-state index contributed by atoms with van der Waals surface area (Å²) in [6, 6.07) is 0. The lowest BCUT2D eigenvalue weighted by Crippen LogP contribution is -2.39. The molecule has 1 saturated carbocycles. The maximum atomic E-state index is 10.9. The van der Waals surface area contributed by atoms with Crippen molar-refractivity contribution >= 4 is 11.8 Å². The van der Waals surface area contributed by atoms with Crippen molar-refractivity contribution < 1.29 is 5.11 Å². The zero-order chi connectivity index (χ0) is 14.6. The fraction of sp³-hybridized carbons (Fsp3) is 0.750. The van der Waals surface area contributed by atoms with E-state index >= 15 is 0 Å². The molecule has 2 fully saturated rings. The van der Waals surface area contributed by atoms with Crippen molar-refractivity contribution in [1.82, 2.24) is 9.97 Å². The molecule has 1 aromatic heterocycles. The van der Waals surface area contributed by atoms with Crippen molar-refractivity contribution in [3.63, 3.8) is 0 Å². The van der Waals surface area contributed by atoms with Gasteiger partial charge in [-0.2, -0.15) is 4.98 Å². The van der Waals surface area contributed by atoms with E-state index in [1.54, 1.807) is 0 Å². The van der Waals surface area contributed by atoms with Gasteiger partial charge in [0, 0.05) is 25.1 Å². The van der Waals surface area contributed by atoms with Gasteiger partial charge in [0.05, 0.1) is 17.8 Å². The summed E-state index contributed by atoms with van der Waals surface area (Å²) in [5.41, 5.74) is 1.94. The van der Waals surface area contributed by atoms with Crippen molar-refractivity contribution in [2.75, 3.05) is 30.4 Å². The van der Waals surface area contributed by atoms with Gasteiger partial charge >= 0.3 is 0 Å². The molecule has 1 saturated heterocycles. The second kappa shape index (κ2) is 4.57. The molecule has 2 aliphatic carbocycles. The van der Waals surface area contributed by atoms with Gasteiger partial charge in [-0.3, -0.25) is 0 Å². The first-order valence-electron chi connectivity index (χ1n) is 8.16. The van der Waals surface area contributed by atoms with Gasteiger partial charge in [-0.25, -0.2) is 4.98 Å². The number of nitrogens with zero attached hydrogens (tertiary/aromatic N) is 3. The number of aryl methyl sites for hydroxylation is 1. The third-order valence-corrected chi connectivity index (χ3v) is 5.52. The van der Waals surface area contributed by atoms with E-state index in [1.165, 1.54) is 30.5 Å². The molecular weight excluding hydrogens is 264 g/mol. The molecule has 5 nitrogen and oxygen atoms in total. The van der Waals surface area contributed by atoms with Crippen LogP contribution in [0.15, 0.2) is 0 Å². The highest BCUT2D eigenvalue weighted by Crippen LogP contribution is 2.47. The highest BCUT2D eigenvalue weighted by Gasteiger charge is 2.53. The fourth-order valence-corrected chi connectivity index (χ4v) is 4.05. The lowest BCUT2D eigenvalue weighted by atomic mass is 9.88. The Morgan fingerprint density at radius 3 is 2.81 bits per heavy atom. The van der Waals surface area contributed by atoms with Crippen LogP contribution in [0.3, 0.4) is 0 Å². The molecule has 2 heterocycles. The zero-order valence-electron chi connectivity index (χ0n) is 12.9. The molecule has 5 heteroatoms. The van der Waals surface area contributed by atoms with E-state index in [1.807, 2.05) is 7.05 Å². The third-order valence-electron chi connectivity index (χ3n) is 5.52. The Balaban J connectivity index is 1.65. The lowest BCUT2D eigenvalue weighted by molar-refractivity contribution is 0.00279. The number of aromatic nitrogens is 2. The van der Waals surface area contributed by atoms with Crippen LogP contribution in [0, 0.1) is 11.8 Å². The van der Waals surface area contributed by atoms with E-state index in [-0.39, 0.29) is 0 Å². The van der Waals surface area contributed by atoms with Gasteiger partial charge in [0.1, 0.15) is 5.82 Å². The first-order chi connectivity index (χ1) is 10.1. The van der Waals surface area contributed by atoms with Gasteiger partial charge in [-0.1, -0.05) is 6.92 Å². The first kappa shape index (κ1) is 13.3. The predicted molar refractivity (Wildman–Crippen MR) is 82.7 cm³/mol. The topological polar surface area (TPSA) is 61.3 Å². The molecule has 0 amide bonds. The molecule has 2 N–H and O–H groups in total. The molecule has 2 unspecified atom stereocenters. The van der Waals surface area contributed by atoms with Crippen LogP contribution in [0.4, 0.5) is 11.8 Å². The lowest BCUT2D eigenvalue weighted by Gasteiger charge is -2.26. The molecule has 1 aromatic rings. The quantitative estimate of drug-likeness (QED) is 0.885. The zero-order valence-corrected chi connectivity index (χ0v) is 12.9. The number of nitrogens with one attached hydrogen (secondary N) is 1. The van der Waals surface area contributed by atoms with Gasteiger partial charge in [0.15, 0.2) is 0 Å². The Morgan fingerprint density at radius 1 is 1.29 bits per heavy atom. The van der Waals surface area contributed by atoms with E-state index in [4.69, 9.17) is 9.97 Å². The summed E-state index contributed by atoms with van der Waals surface area (Å²) < 4.78 is 0. The van der Waals surface area contributed by atoms with Gasteiger partial charge in [-0.05, 0) is 38.0 Å². The number of anilines is 2. The van der Waals surface area contributed by atoms with Crippen molar-refractivity contribution in [1.29, 1.82) is 0 Å². The summed E-state index contributed by atoms with van der Waals surface area (Å²) in [5.74, 6) is 2.54. The number of β-amino-alcohol motifs (C(OH)–C–C–N with tert-alkyl or cyclic N) is 1. The average Bonchev–Trinajstić information content (AvgIpc) is 3.16. The average molecular weight is 288 g/mol. The minimum absolute atomic E-state index is 0.292. The largest absolute Gasteiger partial charge is 0.387 e. The molecule has 3 aliphatic rings. The highest BCUT2D eigenvalue weighted by molar-refractivity contribution is 5.53. The summed E-state index contributed by atoms with van der Waals surface area (Å²) in [4.78, 5) is 11.7. The van der Waals surface area contributed by atoms with Crippen LogP contribution in [0.25, 0.3) is 0 Å². The van der Waals surface area contributed by atoms with E-state index in [2.05, 4.69) is 17.1 Å². The summed E-state index contributed by atoms with van der Waals surface area (Å²) in [6.45, 7) is 3.69. The molecule has 0 spiro atoms. The molecule has 0 bridgehead atoms. The summed E-state index contributed by atoms with van der Waals surface area (Å²) in [7, 11) is 1.93. The number of hydrogen-bond acceptors (Lipinski definition) is 5. The Hall–Kier alpha value is -1.36. The highest BCUT2D eigenvalue weighted by atomic mass is 16.3. The van der Waals surface area contributed by atoms with Crippen molar-refractivity contribution in [3.8, 4) is 0 Å². The third kappa shape index (κ3) is 2.01. The second-order valence-electron chi connectivity index (χ2n) is 6.95. The molecule has 21 heavy (non-hydrogen) atoms. The minimum Gasteiger partial charge on any atom is -0.387 e. The number of aliphatic hydroxyl groups is 1. The normalized spacial score (nSPS) is 31.6. The number of hydrogen-bond donors (Lipinski definition) is 2. The Kier molecular flexibility index (Phi) is 2.89. The molecular formula is C16H24N4O. The van der Waals surface area contributed by atoms with E-state index < -0.39 is 5.60 Å². The van der Waals surface area contributed by atoms with Crippen LogP contribution < -0.4 is 10.2 Å². The maximum Gasteiger partial charge on any atom is 0.227 e. The predicted octanol–water partition coefficient (Wildman–Crippen LogP) is 1.60. The van der Waals surface area contributed by atoms with Gasteiger partial charge in [0.2, 0.25) is 5.95 Å². The van der Waals surface area contributed by atoms with Crippen molar-refractivity contribution in [3.05, 3.63) is 11.3 Å². The monoisotopic (exact) mass is 288 g/mol. The summed E-state index contributed by atoms with van der Waals surface area (Å²) >= 11 is 0. The molecule has 114 valence electrons. The minimum atomic E-state index is -0.540. The van der Waals surface area contributed by atoms with Crippen LogP contribution in [-0.4, -0.2) is 40.8 Å². The summed E-state index contributed by atoms with van der Waals surface area (Å²) in [5, 5.41) is 14.2. The van der Waals surface area contributed by atoms with E-state index in [0.29, 0.717) is 18.4 Å². The maximum absolute atomic E-state index is 10.9. The Morgan fingerprint density at radius 2 is 2.10 bits per heavy atom. The SMILES string of the molecule is CNc1nc(N2CC(C)C(O)(C3CC3)C2)nc2c1CCC2. The van der Waals surface area contributed by atoms with E-state index in [0.717, 1.165) is 31.2 Å². The Labute approximate surface area is 125 Å². The number of rotatable bonds is 3. The molecule has 1 aliphatic heterocycles. The fourth-order valence-electron chi connectivity index (χ4n) is 4.05. The Bertz CT molecular complexity index is 572. The van der Waals surface area contributed by atoms with Crippen LogP contribution in [0.2, 0.25) is 0 Å². The van der Waals surface area contributed by atoms with Gasteiger partial charge in [0.25, 0.3) is 0 Å². The smallest absolute Gasteiger partial charge is 0.227 e. The van der Waals surface area contributed by atoms with Crippen molar-refractivity contribution in [2.45, 2.75) is 44.6 Å². The van der Waals surface area contributed by atoms with E-state index in [9.17, 15) is 5.11 Å². The van der Waals surface area contributed by atoms with Crippen LogP contribution in [0.5, 0.6) is 0 Å². The summed E-state index contributed by atoms with van der Waals surface area (Å²) in [6.07, 6.45) is 5.64. The molecule has 0 radical (unpaired) electrons. The molecule has 4 rings (SSSR count). The molecule has 2 atom stereocenters. The van der Waals surface area contributed by atoms with Crippen LogP contribution in [-0.2, 0) is 12.8 Å².